The van der Waals surface area contributed by atoms with Crippen LogP contribution in [0.3, 0.4) is 0 Å². The average Bonchev–Trinajstić information content (AvgIpc) is 3.02. The molecule has 1 heterocycles. The van der Waals surface area contributed by atoms with Crippen LogP contribution in [0.5, 0.6) is 5.75 Å². The third-order valence-corrected chi connectivity index (χ3v) is 5.99. The number of nitrogens with one attached hydrogen (secondary N) is 1. The molecular weight excluding hydrogens is 362 g/mol. The Morgan fingerprint density at radius 1 is 1.30 bits per heavy atom. The topological polar surface area (TPSA) is 64.6 Å². The van der Waals surface area contributed by atoms with E-state index in [4.69, 9.17) is 9.47 Å². The summed E-state index contributed by atoms with van der Waals surface area (Å²) in [6.45, 7) is 4.11. The molecule has 0 unspecified atom stereocenters. The zero-order valence-electron chi connectivity index (χ0n) is 15.9. The van der Waals surface area contributed by atoms with Gasteiger partial charge in [-0.1, -0.05) is 32.0 Å². The number of carbonyl (C=O) groups is 2. The van der Waals surface area contributed by atoms with Gasteiger partial charge in [0.05, 0.1) is 12.7 Å². The highest BCUT2D eigenvalue weighted by atomic mass is 32.1. The Kier molecular flexibility index (Phi) is 6.16. The van der Waals surface area contributed by atoms with E-state index in [1.807, 2.05) is 37.3 Å². The molecule has 0 bridgehead atoms. The molecule has 0 radical (unpaired) electrons. The van der Waals surface area contributed by atoms with Gasteiger partial charge in [-0.05, 0) is 49.3 Å². The van der Waals surface area contributed by atoms with E-state index >= 15 is 0 Å². The van der Waals surface area contributed by atoms with Crippen LogP contribution in [0, 0.1) is 5.92 Å². The van der Waals surface area contributed by atoms with Crippen LogP contribution in [-0.2, 0) is 22.4 Å². The number of esters is 1. The summed E-state index contributed by atoms with van der Waals surface area (Å²) in [4.78, 5) is 26.3. The van der Waals surface area contributed by atoms with Crippen molar-refractivity contribution in [1.29, 1.82) is 0 Å². The van der Waals surface area contributed by atoms with Gasteiger partial charge in [-0.2, -0.15) is 0 Å². The summed E-state index contributed by atoms with van der Waals surface area (Å²) in [7, 11) is 1.37. The van der Waals surface area contributed by atoms with Crippen LogP contribution >= 0.6 is 11.3 Å². The predicted molar refractivity (Wildman–Crippen MR) is 107 cm³/mol. The van der Waals surface area contributed by atoms with E-state index in [0.29, 0.717) is 28.7 Å². The molecule has 1 N–H and O–H groups in total. The number of carbonyl (C=O) groups excluding carboxylic acids is 2. The van der Waals surface area contributed by atoms with Gasteiger partial charge in [0.25, 0.3) is 5.91 Å². The van der Waals surface area contributed by atoms with E-state index < -0.39 is 12.1 Å². The van der Waals surface area contributed by atoms with Crippen molar-refractivity contribution < 1.29 is 19.1 Å². The molecule has 1 aromatic heterocycles. The number of amides is 1. The van der Waals surface area contributed by atoms with Gasteiger partial charge < -0.3 is 14.8 Å². The molecule has 0 fully saturated rings. The Balaban J connectivity index is 1.83. The molecule has 1 aliphatic rings. The first kappa shape index (κ1) is 19.4. The van der Waals surface area contributed by atoms with Crippen molar-refractivity contribution in [3.63, 3.8) is 0 Å². The summed E-state index contributed by atoms with van der Waals surface area (Å²) in [6, 6.07) is 9.27. The van der Waals surface area contributed by atoms with Crippen LogP contribution in [0.1, 0.15) is 47.5 Å². The number of thiophene rings is 1. The SMILES string of the molecule is CC[C@H](Oc1ccccc1)C(=O)Nc1sc2c(c1C(=O)OC)CC[C@@H](C)C2. The molecule has 1 aromatic carbocycles. The molecule has 27 heavy (non-hydrogen) atoms. The maximum atomic E-state index is 12.8. The third-order valence-electron chi connectivity index (χ3n) is 4.82. The lowest BCUT2D eigenvalue weighted by molar-refractivity contribution is -0.122. The van der Waals surface area contributed by atoms with Crippen LogP contribution in [-0.4, -0.2) is 25.1 Å². The first-order valence-corrected chi connectivity index (χ1v) is 10.1. The molecule has 5 nitrogen and oxygen atoms in total. The van der Waals surface area contributed by atoms with Gasteiger partial charge in [0.2, 0.25) is 0 Å². The molecule has 0 spiro atoms. The molecule has 1 amide bonds. The van der Waals surface area contributed by atoms with Crippen molar-refractivity contribution in [2.75, 3.05) is 12.4 Å². The van der Waals surface area contributed by atoms with Crippen LogP contribution < -0.4 is 10.1 Å². The van der Waals surface area contributed by atoms with Gasteiger partial charge in [0.15, 0.2) is 6.10 Å². The van der Waals surface area contributed by atoms with Crippen LogP contribution in [0.2, 0.25) is 0 Å². The van der Waals surface area contributed by atoms with Crippen LogP contribution in [0.25, 0.3) is 0 Å². The summed E-state index contributed by atoms with van der Waals surface area (Å²) in [5.41, 5.74) is 1.53. The summed E-state index contributed by atoms with van der Waals surface area (Å²) in [6.07, 6.45) is 2.70. The number of methoxy groups -OCH3 is 1. The maximum absolute atomic E-state index is 12.8. The number of para-hydroxylation sites is 1. The Morgan fingerprint density at radius 3 is 2.70 bits per heavy atom. The van der Waals surface area contributed by atoms with Gasteiger partial charge in [0, 0.05) is 4.88 Å². The summed E-state index contributed by atoms with van der Waals surface area (Å²) < 4.78 is 10.8. The first-order valence-electron chi connectivity index (χ1n) is 9.28. The Morgan fingerprint density at radius 2 is 2.04 bits per heavy atom. The van der Waals surface area contributed by atoms with E-state index in [1.54, 1.807) is 0 Å². The number of ether oxygens (including phenoxy) is 2. The zero-order valence-corrected chi connectivity index (χ0v) is 16.7. The lowest BCUT2D eigenvalue weighted by Gasteiger charge is -2.18. The van der Waals surface area contributed by atoms with E-state index in [0.717, 1.165) is 24.8 Å². The molecule has 0 saturated carbocycles. The van der Waals surface area contributed by atoms with Gasteiger partial charge >= 0.3 is 5.97 Å². The molecule has 1 aliphatic carbocycles. The fraction of sp³-hybridized carbons (Fsp3) is 0.429. The van der Waals surface area contributed by atoms with Crippen molar-refractivity contribution in [3.05, 3.63) is 46.3 Å². The number of hydrogen-bond acceptors (Lipinski definition) is 5. The minimum Gasteiger partial charge on any atom is -0.481 e. The fourth-order valence-corrected chi connectivity index (χ4v) is 4.74. The van der Waals surface area contributed by atoms with Gasteiger partial charge in [0.1, 0.15) is 10.8 Å². The molecular formula is C21H25NO4S. The highest BCUT2D eigenvalue weighted by Gasteiger charge is 2.30. The van der Waals surface area contributed by atoms with E-state index in [2.05, 4.69) is 12.2 Å². The minimum atomic E-state index is -0.629. The zero-order chi connectivity index (χ0) is 19.4. The van der Waals surface area contributed by atoms with Crippen molar-refractivity contribution in [2.24, 2.45) is 5.92 Å². The van der Waals surface area contributed by atoms with Crippen LogP contribution in [0.4, 0.5) is 5.00 Å². The number of benzene rings is 1. The van der Waals surface area contributed by atoms with E-state index in [9.17, 15) is 9.59 Å². The molecule has 144 valence electrons. The fourth-order valence-electron chi connectivity index (χ4n) is 3.33. The highest BCUT2D eigenvalue weighted by molar-refractivity contribution is 7.17. The lowest BCUT2D eigenvalue weighted by Crippen LogP contribution is -2.32. The summed E-state index contributed by atoms with van der Waals surface area (Å²) in [5, 5.41) is 3.49. The lowest BCUT2D eigenvalue weighted by atomic mass is 9.88. The van der Waals surface area contributed by atoms with Crippen molar-refractivity contribution in [1.82, 2.24) is 0 Å². The molecule has 0 saturated heterocycles. The standard InChI is InChI=1S/C21H25NO4S/c1-4-16(26-14-8-6-5-7-9-14)19(23)22-20-18(21(24)25-3)15-11-10-13(2)12-17(15)27-20/h5-9,13,16H,4,10-12H2,1-3H3,(H,22,23)/t13-,16+/m1/s1. The van der Waals surface area contributed by atoms with E-state index in [1.165, 1.54) is 23.3 Å². The number of hydrogen-bond donors (Lipinski definition) is 1. The Hall–Kier alpha value is -2.34. The molecule has 2 aromatic rings. The summed E-state index contributed by atoms with van der Waals surface area (Å²) >= 11 is 1.48. The molecule has 6 heteroatoms. The maximum Gasteiger partial charge on any atom is 0.341 e. The number of fused-ring (bicyclic) bond motifs is 1. The Bertz CT molecular complexity index is 815. The summed E-state index contributed by atoms with van der Waals surface area (Å²) in [5.74, 6) is 0.578. The van der Waals surface area contributed by atoms with Gasteiger partial charge in [-0.25, -0.2) is 4.79 Å². The highest BCUT2D eigenvalue weighted by Crippen LogP contribution is 2.40. The van der Waals surface area contributed by atoms with Crippen molar-refractivity contribution in [2.45, 2.75) is 45.6 Å². The predicted octanol–water partition coefficient (Wildman–Crippen LogP) is 4.46. The Labute approximate surface area is 163 Å². The van der Waals surface area contributed by atoms with Gasteiger partial charge in [-0.3, -0.25) is 4.79 Å². The number of rotatable bonds is 6. The van der Waals surface area contributed by atoms with Crippen molar-refractivity contribution >= 4 is 28.2 Å². The quantitative estimate of drug-likeness (QED) is 0.744. The molecule has 2 atom stereocenters. The second kappa shape index (κ2) is 8.57. The van der Waals surface area contributed by atoms with Crippen molar-refractivity contribution in [3.8, 4) is 5.75 Å². The second-order valence-corrected chi connectivity index (χ2v) is 7.97. The second-order valence-electron chi connectivity index (χ2n) is 6.86. The van der Waals surface area contributed by atoms with E-state index in [-0.39, 0.29) is 5.91 Å². The van der Waals surface area contributed by atoms with Gasteiger partial charge in [-0.15, -0.1) is 11.3 Å². The average molecular weight is 388 g/mol. The number of anilines is 1. The smallest absolute Gasteiger partial charge is 0.341 e. The molecule has 0 aliphatic heterocycles. The third kappa shape index (κ3) is 4.33. The normalized spacial score (nSPS) is 16.9. The largest absolute Gasteiger partial charge is 0.481 e. The minimum absolute atomic E-state index is 0.252. The molecule has 3 rings (SSSR count). The van der Waals surface area contributed by atoms with Crippen LogP contribution in [0.15, 0.2) is 30.3 Å². The monoisotopic (exact) mass is 387 g/mol. The first-order chi connectivity index (χ1) is 13.0.